The lowest BCUT2D eigenvalue weighted by Crippen LogP contribution is -2.27. The van der Waals surface area contributed by atoms with Gasteiger partial charge in [-0.15, -0.1) is 0 Å². The van der Waals surface area contributed by atoms with Crippen molar-refractivity contribution in [2.24, 2.45) is 0 Å². The van der Waals surface area contributed by atoms with E-state index < -0.39 is 5.41 Å². The van der Waals surface area contributed by atoms with E-state index in [1.165, 1.54) is 0 Å². The fraction of sp³-hybridized carbons (Fsp3) is 0.500. The van der Waals surface area contributed by atoms with Gasteiger partial charge in [0.25, 0.3) is 0 Å². The Balaban J connectivity index is 2.01. The van der Waals surface area contributed by atoms with Gasteiger partial charge in [0.05, 0.1) is 5.41 Å². The fourth-order valence-corrected chi connectivity index (χ4v) is 2.44. The zero-order chi connectivity index (χ0) is 14.8. The molecule has 108 valence electrons. The molecular weight excluding hydrogens is 252 g/mol. The van der Waals surface area contributed by atoms with Crippen LogP contribution in [0.4, 0.5) is 5.69 Å². The predicted molar refractivity (Wildman–Crippen MR) is 79.7 cm³/mol. The molecule has 0 unspecified atom stereocenters. The number of amides is 2. The van der Waals surface area contributed by atoms with Crippen LogP contribution in [0.15, 0.2) is 18.2 Å². The Morgan fingerprint density at radius 1 is 1.35 bits per heavy atom. The summed E-state index contributed by atoms with van der Waals surface area (Å²) in [4.78, 5) is 23.3. The number of hydrogen-bond donors (Lipinski definition) is 2. The van der Waals surface area contributed by atoms with Crippen molar-refractivity contribution in [1.82, 2.24) is 5.32 Å². The van der Waals surface area contributed by atoms with Crippen molar-refractivity contribution in [3.8, 4) is 0 Å². The summed E-state index contributed by atoms with van der Waals surface area (Å²) in [7, 11) is 0. The van der Waals surface area contributed by atoms with Crippen LogP contribution in [-0.4, -0.2) is 18.4 Å². The molecule has 2 N–H and O–H groups in total. The van der Waals surface area contributed by atoms with Gasteiger partial charge < -0.3 is 10.6 Å². The van der Waals surface area contributed by atoms with Crippen molar-refractivity contribution in [2.75, 3.05) is 11.9 Å². The molecule has 1 aliphatic rings. The lowest BCUT2D eigenvalue weighted by Gasteiger charge is -2.16. The summed E-state index contributed by atoms with van der Waals surface area (Å²) in [5.41, 5.74) is 2.61. The smallest absolute Gasteiger partial charge is 0.234 e. The molecule has 1 aromatic carbocycles. The minimum Gasteiger partial charge on any atom is -0.356 e. The Morgan fingerprint density at radius 2 is 2.10 bits per heavy atom. The second kappa shape index (κ2) is 5.65. The van der Waals surface area contributed by atoms with E-state index in [1.807, 2.05) is 32.9 Å². The third-order valence-electron chi connectivity index (χ3n) is 3.79. The molecule has 1 heterocycles. The molecule has 0 radical (unpaired) electrons. The number of rotatable bonds is 5. The number of carbonyl (C=O) groups is 2. The van der Waals surface area contributed by atoms with Crippen LogP contribution in [0, 0.1) is 0 Å². The van der Waals surface area contributed by atoms with Crippen LogP contribution in [0.3, 0.4) is 0 Å². The molecule has 0 bridgehead atoms. The topological polar surface area (TPSA) is 58.2 Å². The molecule has 1 aliphatic heterocycles. The summed E-state index contributed by atoms with van der Waals surface area (Å²) >= 11 is 0. The average molecular weight is 274 g/mol. The van der Waals surface area contributed by atoms with Crippen molar-refractivity contribution >= 4 is 17.5 Å². The number of carbonyl (C=O) groups excluding carboxylic acids is 2. The summed E-state index contributed by atoms with van der Waals surface area (Å²) in [5.74, 6) is 0.145. The highest BCUT2D eigenvalue weighted by molar-refractivity contribution is 6.05. The molecule has 20 heavy (non-hydrogen) atoms. The molecule has 0 aliphatic carbocycles. The van der Waals surface area contributed by atoms with Crippen LogP contribution < -0.4 is 10.6 Å². The quantitative estimate of drug-likeness (QED) is 0.866. The van der Waals surface area contributed by atoms with Crippen LogP contribution in [0.5, 0.6) is 0 Å². The van der Waals surface area contributed by atoms with Gasteiger partial charge in [0.15, 0.2) is 0 Å². The maximum Gasteiger partial charge on any atom is 0.234 e. The largest absolute Gasteiger partial charge is 0.356 e. The zero-order valence-electron chi connectivity index (χ0n) is 12.4. The van der Waals surface area contributed by atoms with Gasteiger partial charge in [-0.3, -0.25) is 9.59 Å². The van der Waals surface area contributed by atoms with E-state index >= 15 is 0 Å². The number of hydrogen-bond acceptors (Lipinski definition) is 2. The van der Waals surface area contributed by atoms with E-state index in [0.29, 0.717) is 13.0 Å². The SMILES string of the molecule is CCCC(=O)NCCc1ccc2c(c1)C(C)(C)C(=O)N2. The summed E-state index contributed by atoms with van der Waals surface area (Å²) in [5, 5.41) is 5.81. The first kappa shape index (κ1) is 14.6. The number of fused-ring (bicyclic) bond motifs is 1. The Labute approximate surface area is 119 Å². The molecule has 4 heteroatoms. The van der Waals surface area contributed by atoms with Gasteiger partial charge in [0, 0.05) is 18.7 Å². The second-order valence-corrected chi connectivity index (χ2v) is 5.81. The van der Waals surface area contributed by atoms with Crippen molar-refractivity contribution in [3.05, 3.63) is 29.3 Å². The van der Waals surface area contributed by atoms with Gasteiger partial charge >= 0.3 is 0 Å². The Hall–Kier alpha value is -1.84. The Bertz CT molecular complexity index is 535. The summed E-state index contributed by atoms with van der Waals surface area (Å²) in [6, 6.07) is 6.02. The third-order valence-corrected chi connectivity index (χ3v) is 3.79. The van der Waals surface area contributed by atoms with Crippen LogP contribution in [0.25, 0.3) is 0 Å². The highest BCUT2D eigenvalue weighted by atomic mass is 16.2. The predicted octanol–water partition coefficient (Wildman–Crippen LogP) is 2.38. The van der Waals surface area contributed by atoms with Crippen molar-refractivity contribution in [1.29, 1.82) is 0 Å². The van der Waals surface area contributed by atoms with E-state index in [0.717, 1.165) is 29.7 Å². The molecule has 0 aromatic heterocycles. The zero-order valence-corrected chi connectivity index (χ0v) is 12.4. The first-order chi connectivity index (χ1) is 9.45. The monoisotopic (exact) mass is 274 g/mol. The van der Waals surface area contributed by atoms with Gasteiger partial charge in [-0.05, 0) is 43.9 Å². The van der Waals surface area contributed by atoms with Crippen molar-refractivity contribution < 1.29 is 9.59 Å². The van der Waals surface area contributed by atoms with E-state index in [1.54, 1.807) is 0 Å². The third kappa shape index (κ3) is 2.84. The second-order valence-electron chi connectivity index (χ2n) is 5.81. The molecular formula is C16H22N2O2. The van der Waals surface area contributed by atoms with E-state index in [2.05, 4.69) is 16.7 Å². The molecule has 0 spiro atoms. The first-order valence-corrected chi connectivity index (χ1v) is 7.16. The molecule has 2 rings (SSSR count). The lowest BCUT2D eigenvalue weighted by atomic mass is 9.85. The molecule has 2 amide bonds. The highest BCUT2D eigenvalue weighted by Crippen LogP contribution is 2.37. The minimum atomic E-state index is -0.475. The maximum atomic E-state index is 11.9. The van der Waals surface area contributed by atoms with Gasteiger partial charge in [-0.2, -0.15) is 0 Å². The van der Waals surface area contributed by atoms with Gasteiger partial charge in [-0.1, -0.05) is 19.1 Å². The highest BCUT2D eigenvalue weighted by Gasteiger charge is 2.38. The fourth-order valence-electron chi connectivity index (χ4n) is 2.44. The first-order valence-electron chi connectivity index (χ1n) is 7.16. The maximum absolute atomic E-state index is 11.9. The molecule has 0 saturated heterocycles. The van der Waals surface area contributed by atoms with E-state index in [-0.39, 0.29) is 11.8 Å². The summed E-state index contributed by atoms with van der Waals surface area (Å²) in [6.07, 6.45) is 2.23. The normalized spacial score (nSPS) is 15.7. The van der Waals surface area contributed by atoms with Crippen LogP contribution in [-0.2, 0) is 21.4 Å². The Kier molecular flexibility index (Phi) is 4.12. The number of benzene rings is 1. The van der Waals surface area contributed by atoms with Gasteiger partial charge in [0.2, 0.25) is 11.8 Å². The van der Waals surface area contributed by atoms with E-state index in [9.17, 15) is 9.59 Å². The van der Waals surface area contributed by atoms with Crippen LogP contribution in [0.1, 0.15) is 44.7 Å². The molecule has 4 nitrogen and oxygen atoms in total. The van der Waals surface area contributed by atoms with Crippen molar-refractivity contribution in [3.63, 3.8) is 0 Å². The molecule has 0 atom stereocenters. The average Bonchev–Trinajstić information content (AvgIpc) is 2.61. The van der Waals surface area contributed by atoms with Crippen LogP contribution >= 0.6 is 0 Å². The standard InChI is InChI=1S/C16H22N2O2/c1-4-5-14(19)17-9-8-11-6-7-13-12(10-11)16(2,3)15(20)18-13/h6-7,10H,4-5,8-9H2,1-3H3,(H,17,19)(H,18,20). The minimum absolute atomic E-state index is 0.0425. The Morgan fingerprint density at radius 3 is 2.80 bits per heavy atom. The van der Waals surface area contributed by atoms with Gasteiger partial charge in [0.1, 0.15) is 0 Å². The molecule has 0 fully saturated rings. The molecule has 0 saturated carbocycles. The van der Waals surface area contributed by atoms with Gasteiger partial charge in [-0.25, -0.2) is 0 Å². The van der Waals surface area contributed by atoms with Crippen LogP contribution in [0.2, 0.25) is 0 Å². The summed E-state index contributed by atoms with van der Waals surface area (Å²) < 4.78 is 0. The molecule has 1 aromatic rings. The number of anilines is 1. The number of nitrogens with one attached hydrogen (secondary N) is 2. The lowest BCUT2D eigenvalue weighted by molar-refractivity contribution is -0.121. The van der Waals surface area contributed by atoms with E-state index in [4.69, 9.17) is 0 Å². The van der Waals surface area contributed by atoms with Crippen molar-refractivity contribution in [2.45, 2.75) is 45.4 Å². The summed E-state index contributed by atoms with van der Waals surface area (Å²) in [6.45, 7) is 6.49.